The van der Waals surface area contributed by atoms with E-state index in [1.165, 1.54) is 18.9 Å². The number of thioether (sulfide) groups is 1. The van der Waals surface area contributed by atoms with Crippen molar-refractivity contribution in [3.63, 3.8) is 0 Å². The molecular formula is C21H23N3O4S2. The normalized spacial score (nSPS) is 11.4. The maximum absolute atomic E-state index is 12.8. The van der Waals surface area contributed by atoms with E-state index < -0.39 is 9.84 Å². The molecule has 0 bridgehead atoms. The highest BCUT2D eigenvalue weighted by Gasteiger charge is 2.21. The number of aromatic nitrogens is 3. The summed E-state index contributed by atoms with van der Waals surface area (Å²) < 4.78 is 32.0. The van der Waals surface area contributed by atoms with Gasteiger partial charge in [0, 0.05) is 12.3 Å². The summed E-state index contributed by atoms with van der Waals surface area (Å²) in [4.78, 5) is 11.8. The topological polar surface area (TPSA) is 91.1 Å². The molecule has 0 saturated heterocycles. The van der Waals surface area contributed by atoms with Gasteiger partial charge in [0.25, 0.3) is 0 Å². The number of nitrogens with zero attached hydrogens (tertiary/aromatic N) is 3. The van der Waals surface area contributed by atoms with Gasteiger partial charge in [-0.25, -0.2) is 13.2 Å². The number of esters is 1. The van der Waals surface area contributed by atoms with Crippen LogP contribution in [0.2, 0.25) is 0 Å². The smallest absolute Gasteiger partial charge is 0.337 e. The number of rotatable bonds is 8. The van der Waals surface area contributed by atoms with Gasteiger partial charge in [-0.2, -0.15) is 0 Å². The van der Waals surface area contributed by atoms with Crippen LogP contribution >= 0.6 is 11.8 Å². The molecule has 1 aromatic heterocycles. The maximum Gasteiger partial charge on any atom is 0.337 e. The number of carbonyl (C=O) groups excluding carboxylic acids is 1. The van der Waals surface area contributed by atoms with Gasteiger partial charge in [-0.15, -0.1) is 10.2 Å². The molecule has 0 amide bonds. The van der Waals surface area contributed by atoms with Gasteiger partial charge in [0.05, 0.1) is 17.6 Å². The van der Waals surface area contributed by atoms with Crippen molar-refractivity contribution in [1.82, 2.24) is 14.8 Å². The molecule has 3 rings (SSSR count). The molecule has 0 fully saturated rings. The molecule has 0 saturated carbocycles. The molecule has 30 heavy (non-hydrogen) atoms. The summed E-state index contributed by atoms with van der Waals surface area (Å²) in [6.07, 6.45) is 0. The van der Waals surface area contributed by atoms with E-state index in [1.807, 2.05) is 30.5 Å². The third-order valence-corrected chi connectivity index (χ3v) is 7.22. The fourth-order valence-corrected chi connectivity index (χ4v) is 5.10. The zero-order valence-electron chi connectivity index (χ0n) is 17.0. The lowest BCUT2D eigenvalue weighted by Gasteiger charge is -2.09. The van der Waals surface area contributed by atoms with Crippen LogP contribution < -0.4 is 0 Å². The van der Waals surface area contributed by atoms with Gasteiger partial charge in [0.15, 0.2) is 15.0 Å². The number of methoxy groups -OCH3 is 1. The Hall–Kier alpha value is -2.65. The van der Waals surface area contributed by atoms with Crippen molar-refractivity contribution >= 4 is 27.6 Å². The zero-order chi connectivity index (χ0) is 21.7. The largest absolute Gasteiger partial charge is 0.465 e. The standard InChI is InChI=1S/C21H23N3O4S2/c1-4-24-19(14-30(26,27)18-11-5-15(2)6-12-18)22-23-21(24)29-13-16-7-9-17(10-8-16)20(25)28-3/h5-12H,4,13-14H2,1-3H3. The highest BCUT2D eigenvalue weighted by atomic mass is 32.2. The van der Waals surface area contributed by atoms with Crippen molar-refractivity contribution in [1.29, 1.82) is 0 Å². The number of ether oxygens (including phenoxy) is 1. The lowest BCUT2D eigenvalue weighted by Crippen LogP contribution is -2.11. The first kappa shape index (κ1) is 22.0. The van der Waals surface area contributed by atoms with Gasteiger partial charge in [-0.05, 0) is 43.7 Å². The first-order valence-electron chi connectivity index (χ1n) is 9.35. The van der Waals surface area contributed by atoms with Gasteiger partial charge in [-0.1, -0.05) is 41.6 Å². The van der Waals surface area contributed by atoms with E-state index in [0.29, 0.717) is 28.8 Å². The van der Waals surface area contributed by atoms with E-state index in [2.05, 4.69) is 10.2 Å². The molecule has 7 nitrogen and oxygen atoms in total. The first-order valence-corrected chi connectivity index (χ1v) is 12.0. The van der Waals surface area contributed by atoms with Crippen molar-refractivity contribution in [2.24, 2.45) is 0 Å². The maximum atomic E-state index is 12.8. The Kier molecular flexibility index (Phi) is 6.94. The molecule has 0 unspecified atom stereocenters. The number of sulfone groups is 1. The quantitative estimate of drug-likeness (QED) is 0.386. The van der Waals surface area contributed by atoms with Crippen molar-refractivity contribution in [3.05, 3.63) is 71.0 Å². The summed E-state index contributed by atoms with van der Waals surface area (Å²) in [5, 5.41) is 8.97. The number of hydrogen-bond donors (Lipinski definition) is 0. The molecule has 0 aliphatic carbocycles. The minimum absolute atomic E-state index is 0.203. The van der Waals surface area contributed by atoms with Crippen LogP contribution in [-0.2, 0) is 32.6 Å². The van der Waals surface area contributed by atoms with Gasteiger partial charge < -0.3 is 9.30 Å². The molecule has 1 heterocycles. The molecule has 0 N–H and O–H groups in total. The second-order valence-corrected chi connectivity index (χ2v) is 9.62. The highest BCUT2D eigenvalue weighted by molar-refractivity contribution is 7.98. The van der Waals surface area contributed by atoms with E-state index >= 15 is 0 Å². The van der Waals surface area contributed by atoms with Crippen LogP contribution in [0.25, 0.3) is 0 Å². The monoisotopic (exact) mass is 445 g/mol. The van der Waals surface area contributed by atoms with Gasteiger partial charge in [0.1, 0.15) is 11.6 Å². The summed E-state index contributed by atoms with van der Waals surface area (Å²) in [7, 11) is -2.16. The van der Waals surface area contributed by atoms with Crippen LogP contribution in [-0.4, -0.2) is 36.3 Å². The second-order valence-electron chi connectivity index (χ2n) is 6.69. The molecule has 0 spiro atoms. The fourth-order valence-electron chi connectivity index (χ4n) is 2.85. The Balaban J connectivity index is 1.72. The SMILES string of the molecule is CCn1c(CS(=O)(=O)c2ccc(C)cc2)nnc1SCc1ccc(C(=O)OC)cc1. The van der Waals surface area contributed by atoms with Crippen LogP contribution in [0.5, 0.6) is 0 Å². The number of benzene rings is 2. The van der Waals surface area contributed by atoms with Crippen LogP contribution in [0.1, 0.15) is 34.2 Å². The molecule has 0 aliphatic rings. The first-order chi connectivity index (χ1) is 14.3. The van der Waals surface area contributed by atoms with Gasteiger partial charge >= 0.3 is 5.97 Å². The van der Waals surface area contributed by atoms with Crippen LogP contribution in [0, 0.1) is 6.92 Å². The van der Waals surface area contributed by atoms with E-state index in [0.717, 1.165) is 11.1 Å². The van der Waals surface area contributed by atoms with Crippen LogP contribution in [0.3, 0.4) is 0 Å². The number of hydrogen-bond acceptors (Lipinski definition) is 7. The fraction of sp³-hybridized carbons (Fsp3) is 0.286. The highest BCUT2D eigenvalue weighted by Crippen LogP contribution is 2.24. The molecule has 0 atom stereocenters. The van der Waals surface area contributed by atoms with Gasteiger partial charge in [-0.3, -0.25) is 0 Å². The zero-order valence-corrected chi connectivity index (χ0v) is 18.7. The minimum Gasteiger partial charge on any atom is -0.465 e. The summed E-state index contributed by atoms with van der Waals surface area (Å²) >= 11 is 1.47. The lowest BCUT2D eigenvalue weighted by molar-refractivity contribution is 0.0600. The van der Waals surface area contributed by atoms with E-state index in [1.54, 1.807) is 36.4 Å². The average Bonchev–Trinajstić information content (AvgIpc) is 3.13. The molecule has 158 valence electrons. The van der Waals surface area contributed by atoms with Crippen LogP contribution in [0.4, 0.5) is 0 Å². The summed E-state index contributed by atoms with van der Waals surface area (Å²) in [6.45, 7) is 4.41. The number of carbonyl (C=O) groups is 1. The van der Waals surface area contributed by atoms with Crippen molar-refractivity contribution in [2.75, 3.05) is 7.11 Å². The molecule has 3 aromatic rings. The predicted octanol–water partition coefficient (Wildman–Crippen LogP) is 3.66. The second kappa shape index (κ2) is 9.44. The van der Waals surface area contributed by atoms with Crippen molar-refractivity contribution in [2.45, 2.75) is 41.9 Å². The minimum atomic E-state index is -3.51. The lowest BCUT2D eigenvalue weighted by atomic mass is 10.1. The van der Waals surface area contributed by atoms with Crippen molar-refractivity contribution in [3.8, 4) is 0 Å². The van der Waals surface area contributed by atoms with E-state index in [-0.39, 0.29) is 16.6 Å². The Morgan fingerprint density at radius 1 is 1.07 bits per heavy atom. The Morgan fingerprint density at radius 2 is 1.73 bits per heavy atom. The third-order valence-electron chi connectivity index (χ3n) is 4.55. The predicted molar refractivity (Wildman–Crippen MR) is 115 cm³/mol. The average molecular weight is 446 g/mol. The molecule has 2 aromatic carbocycles. The molecular weight excluding hydrogens is 422 g/mol. The summed E-state index contributed by atoms with van der Waals surface area (Å²) in [6, 6.07) is 13.9. The summed E-state index contributed by atoms with van der Waals surface area (Å²) in [5.74, 6) is 0.455. The van der Waals surface area contributed by atoms with Gasteiger partial charge in [0.2, 0.25) is 0 Å². The molecule has 0 radical (unpaired) electrons. The van der Waals surface area contributed by atoms with E-state index in [9.17, 15) is 13.2 Å². The van der Waals surface area contributed by atoms with E-state index in [4.69, 9.17) is 4.74 Å². The summed E-state index contributed by atoms with van der Waals surface area (Å²) in [5.41, 5.74) is 2.50. The molecule has 9 heteroatoms. The van der Waals surface area contributed by atoms with Crippen LogP contribution in [0.15, 0.2) is 58.6 Å². The third kappa shape index (κ3) is 5.09. The number of aryl methyl sites for hydroxylation is 1. The Morgan fingerprint density at radius 3 is 2.33 bits per heavy atom. The Labute approximate surface area is 180 Å². The molecule has 0 aliphatic heterocycles. The van der Waals surface area contributed by atoms with Crippen molar-refractivity contribution < 1.29 is 17.9 Å². The Bertz CT molecular complexity index is 1120.